The van der Waals surface area contributed by atoms with Crippen molar-refractivity contribution in [1.29, 1.82) is 0 Å². The molecular formula is C16H17BrN2O. The number of carbonyl (C=O) groups excluding carboxylic acids is 1. The van der Waals surface area contributed by atoms with Gasteiger partial charge in [-0.3, -0.25) is 9.78 Å². The first kappa shape index (κ1) is 13.6. The highest BCUT2D eigenvalue weighted by molar-refractivity contribution is 9.09. The molecule has 0 aliphatic carbocycles. The number of piperidine rings is 1. The van der Waals surface area contributed by atoms with Crippen molar-refractivity contribution in [1.82, 2.24) is 9.88 Å². The van der Waals surface area contributed by atoms with Gasteiger partial charge in [0.2, 0.25) is 0 Å². The Morgan fingerprint density at radius 3 is 3.05 bits per heavy atom. The summed E-state index contributed by atoms with van der Waals surface area (Å²) in [4.78, 5) is 19.2. The van der Waals surface area contributed by atoms with E-state index in [1.807, 2.05) is 35.2 Å². The maximum atomic E-state index is 12.9. The average Bonchev–Trinajstić information content (AvgIpc) is 2.53. The third-order valence-electron chi connectivity index (χ3n) is 3.94. The standard InChI is InChI=1S/C16H17BrN2O/c17-11-12-5-1-2-10-19(12)16(20)14-6-3-8-15-13(14)7-4-9-18-15/h3-4,6-9,12H,1-2,5,10-11H2. The Hall–Kier alpha value is -1.42. The number of amides is 1. The van der Waals surface area contributed by atoms with Crippen molar-refractivity contribution < 1.29 is 4.79 Å². The molecule has 1 saturated heterocycles. The maximum Gasteiger partial charge on any atom is 0.254 e. The van der Waals surface area contributed by atoms with Gasteiger partial charge in [-0.1, -0.05) is 28.1 Å². The Kier molecular flexibility index (Phi) is 4.01. The fourth-order valence-electron chi connectivity index (χ4n) is 2.87. The molecule has 0 spiro atoms. The quantitative estimate of drug-likeness (QED) is 0.787. The normalized spacial score (nSPS) is 19.2. The van der Waals surface area contributed by atoms with Crippen LogP contribution in [0.25, 0.3) is 10.9 Å². The van der Waals surface area contributed by atoms with Crippen LogP contribution in [0.2, 0.25) is 0 Å². The summed E-state index contributed by atoms with van der Waals surface area (Å²) in [6.07, 6.45) is 5.15. The van der Waals surface area contributed by atoms with Crippen molar-refractivity contribution in [3.63, 3.8) is 0 Å². The molecule has 1 fully saturated rings. The lowest BCUT2D eigenvalue weighted by molar-refractivity contribution is 0.0644. The van der Waals surface area contributed by atoms with Crippen molar-refractivity contribution in [2.75, 3.05) is 11.9 Å². The first-order valence-corrected chi connectivity index (χ1v) is 8.14. The lowest BCUT2D eigenvalue weighted by Crippen LogP contribution is -2.44. The highest BCUT2D eigenvalue weighted by atomic mass is 79.9. The Morgan fingerprint density at radius 1 is 1.30 bits per heavy atom. The molecule has 1 aliphatic rings. The van der Waals surface area contributed by atoms with Crippen LogP contribution < -0.4 is 0 Å². The molecule has 3 rings (SSSR count). The second kappa shape index (κ2) is 5.92. The molecule has 1 amide bonds. The number of carbonyl (C=O) groups is 1. The largest absolute Gasteiger partial charge is 0.335 e. The van der Waals surface area contributed by atoms with Crippen LogP contribution in [-0.2, 0) is 0 Å². The molecule has 2 aromatic rings. The predicted octanol–water partition coefficient (Wildman–Crippen LogP) is 3.62. The van der Waals surface area contributed by atoms with Crippen molar-refractivity contribution in [2.24, 2.45) is 0 Å². The van der Waals surface area contributed by atoms with E-state index in [-0.39, 0.29) is 5.91 Å². The predicted molar refractivity (Wildman–Crippen MR) is 84.2 cm³/mol. The van der Waals surface area contributed by atoms with Gasteiger partial charge in [0.05, 0.1) is 5.52 Å². The molecule has 20 heavy (non-hydrogen) atoms. The summed E-state index contributed by atoms with van der Waals surface area (Å²) in [6.45, 7) is 0.853. The number of rotatable bonds is 2. The monoisotopic (exact) mass is 332 g/mol. The zero-order valence-electron chi connectivity index (χ0n) is 11.3. The van der Waals surface area contributed by atoms with Crippen LogP contribution in [0, 0.1) is 0 Å². The van der Waals surface area contributed by atoms with Gasteiger partial charge in [-0.15, -0.1) is 0 Å². The van der Waals surface area contributed by atoms with Crippen molar-refractivity contribution >= 4 is 32.7 Å². The van der Waals surface area contributed by atoms with Crippen LogP contribution in [0.15, 0.2) is 36.5 Å². The van der Waals surface area contributed by atoms with E-state index in [9.17, 15) is 4.79 Å². The number of benzene rings is 1. The molecule has 0 bridgehead atoms. The molecule has 1 aliphatic heterocycles. The molecule has 4 heteroatoms. The Morgan fingerprint density at radius 2 is 2.20 bits per heavy atom. The van der Waals surface area contributed by atoms with Crippen LogP contribution >= 0.6 is 15.9 Å². The van der Waals surface area contributed by atoms with Gasteiger partial charge in [0.15, 0.2) is 0 Å². The summed E-state index contributed by atoms with van der Waals surface area (Å²) in [5.74, 6) is 0.132. The molecule has 3 nitrogen and oxygen atoms in total. The highest BCUT2D eigenvalue weighted by Crippen LogP contribution is 2.24. The summed E-state index contributed by atoms with van der Waals surface area (Å²) in [6, 6.07) is 9.94. The van der Waals surface area contributed by atoms with E-state index in [1.165, 1.54) is 6.42 Å². The highest BCUT2D eigenvalue weighted by Gasteiger charge is 2.27. The smallest absolute Gasteiger partial charge is 0.254 e. The van der Waals surface area contributed by atoms with Crippen LogP contribution in [0.1, 0.15) is 29.6 Å². The number of pyridine rings is 1. The lowest BCUT2D eigenvalue weighted by Gasteiger charge is -2.35. The number of halogens is 1. The van der Waals surface area contributed by atoms with Gasteiger partial charge in [0.1, 0.15) is 0 Å². The number of hydrogen-bond donors (Lipinski definition) is 0. The summed E-state index contributed by atoms with van der Waals surface area (Å²) in [5, 5.41) is 1.79. The van der Waals surface area contributed by atoms with Crippen molar-refractivity contribution in [3.05, 3.63) is 42.1 Å². The number of nitrogens with zero attached hydrogens (tertiary/aromatic N) is 2. The van der Waals surface area contributed by atoms with Gasteiger partial charge in [0, 0.05) is 35.1 Å². The van der Waals surface area contributed by atoms with E-state index in [0.29, 0.717) is 6.04 Å². The molecule has 104 valence electrons. The minimum atomic E-state index is 0.132. The number of alkyl halides is 1. The fourth-order valence-corrected chi connectivity index (χ4v) is 3.55. The van der Waals surface area contributed by atoms with E-state index in [4.69, 9.17) is 0 Å². The molecule has 1 atom stereocenters. The second-order valence-corrected chi connectivity index (χ2v) is 5.83. The average molecular weight is 333 g/mol. The zero-order valence-corrected chi connectivity index (χ0v) is 12.8. The first-order chi connectivity index (χ1) is 9.81. The summed E-state index contributed by atoms with van der Waals surface area (Å²) < 4.78 is 0. The summed E-state index contributed by atoms with van der Waals surface area (Å²) in [7, 11) is 0. The number of likely N-dealkylation sites (tertiary alicyclic amines) is 1. The number of hydrogen-bond acceptors (Lipinski definition) is 2. The molecule has 1 unspecified atom stereocenters. The topological polar surface area (TPSA) is 33.2 Å². The first-order valence-electron chi connectivity index (χ1n) is 7.02. The number of fused-ring (bicyclic) bond motifs is 1. The van der Waals surface area contributed by atoms with Crippen molar-refractivity contribution in [2.45, 2.75) is 25.3 Å². The third kappa shape index (κ3) is 2.44. The Bertz CT molecular complexity index is 623. The summed E-state index contributed by atoms with van der Waals surface area (Å²) in [5.41, 5.74) is 1.65. The molecule has 1 aromatic heterocycles. The SMILES string of the molecule is O=C(c1cccc2ncccc12)N1CCCCC1CBr. The van der Waals surface area contributed by atoms with Crippen LogP contribution in [0.3, 0.4) is 0 Å². The Labute approximate surface area is 127 Å². The van der Waals surface area contributed by atoms with E-state index in [0.717, 1.165) is 41.2 Å². The van der Waals surface area contributed by atoms with Gasteiger partial charge >= 0.3 is 0 Å². The van der Waals surface area contributed by atoms with Gasteiger partial charge < -0.3 is 4.90 Å². The summed E-state index contributed by atoms with van der Waals surface area (Å²) >= 11 is 3.54. The molecular weight excluding hydrogens is 316 g/mol. The van der Waals surface area contributed by atoms with Crippen LogP contribution in [0.4, 0.5) is 0 Å². The molecule has 1 aromatic carbocycles. The van der Waals surface area contributed by atoms with Gasteiger partial charge in [-0.25, -0.2) is 0 Å². The minimum Gasteiger partial charge on any atom is -0.335 e. The second-order valence-electron chi connectivity index (χ2n) is 5.18. The van der Waals surface area contributed by atoms with E-state index < -0.39 is 0 Å². The minimum absolute atomic E-state index is 0.132. The van der Waals surface area contributed by atoms with E-state index >= 15 is 0 Å². The van der Waals surface area contributed by atoms with Gasteiger partial charge in [-0.05, 0) is 37.5 Å². The van der Waals surface area contributed by atoms with Crippen LogP contribution in [0.5, 0.6) is 0 Å². The fraction of sp³-hybridized carbons (Fsp3) is 0.375. The third-order valence-corrected chi connectivity index (χ3v) is 4.69. The maximum absolute atomic E-state index is 12.9. The van der Waals surface area contributed by atoms with Gasteiger partial charge in [-0.2, -0.15) is 0 Å². The molecule has 0 N–H and O–H groups in total. The van der Waals surface area contributed by atoms with Crippen molar-refractivity contribution in [3.8, 4) is 0 Å². The zero-order chi connectivity index (χ0) is 13.9. The van der Waals surface area contributed by atoms with Crippen LogP contribution in [-0.4, -0.2) is 33.7 Å². The molecule has 0 saturated carbocycles. The molecule has 2 heterocycles. The van der Waals surface area contributed by atoms with E-state index in [2.05, 4.69) is 20.9 Å². The van der Waals surface area contributed by atoms with Gasteiger partial charge in [0.25, 0.3) is 5.91 Å². The number of aromatic nitrogens is 1. The molecule has 0 radical (unpaired) electrons. The Balaban J connectivity index is 1.99. The van der Waals surface area contributed by atoms with E-state index in [1.54, 1.807) is 6.20 Å². The lowest BCUT2D eigenvalue weighted by atomic mass is 10.0.